The molecule has 7 heteroatoms. The molecule has 6 nitrogen and oxygen atoms in total. The predicted octanol–water partition coefficient (Wildman–Crippen LogP) is 5.20. The maximum Gasteiger partial charge on any atom is 0.193 e. The van der Waals surface area contributed by atoms with Gasteiger partial charge >= 0.3 is 0 Å². The zero-order valence-electron chi connectivity index (χ0n) is 19.1. The lowest BCUT2D eigenvalue weighted by atomic mass is 9.99. The van der Waals surface area contributed by atoms with Crippen LogP contribution in [0.4, 0.5) is 4.39 Å². The van der Waals surface area contributed by atoms with Crippen LogP contribution in [0.3, 0.4) is 0 Å². The maximum atomic E-state index is 13.2. The number of carbonyl (C=O) groups excluding carboxylic acids is 1. The third-order valence-electron chi connectivity index (χ3n) is 4.44. The van der Waals surface area contributed by atoms with Crippen LogP contribution in [0.25, 0.3) is 6.08 Å². The highest BCUT2D eigenvalue weighted by molar-refractivity contribution is 6.11. The van der Waals surface area contributed by atoms with Gasteiger partial charge in [-0.25, -0.2) is 4.39 Å². The Kier molecular flexibility index (Phi) is 9.91. The van der Waals surface area contributed by atoms with Crippen LogP contribution in [0.15, 0.2) is 48.1 Å². The first kappa shape index (κ1) is 25.1. The molecule has 0 saturated carbocycles. The molecule has 0 bridgehead atoms. The van der Waals surface area contributed by atoms with Crippen LogP contribution in [0.5, 0.6) is 17.2 Å². The summed E-state index contributed by atoms with van der Waals surface area (Å²) >= 11 is 0. The van der Waals surface area contributed by atoms with Gasteiger partial charge in [0.25, 0.3) is 0 Å². The number of ether oxygens (including phenoxy) is 5. The lowest BCUT2D eigenvalue weighted by Gasteiger charge is -2.20. The molecule has 32 heavy (non-hydrogen) atoms. The third kappa shape index (κ3) is 6.93. The monoisotopic (exact) mass is 444 g/mol. The Balaban J connectivity index is 2.60. The van der Waals surface area contributed by atoms with Gasteiger partial charge in [-0.15, -0.1) is 0 Å². The van der Waals surface area contributed by atoms with Gasteiger partial charge in [-0.05, 0) is 44.0 Å². The molecular formula is C25H29FO6. The Morgan fingerprint density at radius 3 is 2.22 bits per heavy atom. The fourth-order valence-electron chi connectivity index (χ4n) is 2.90. The maximum absolute atomic E-state index is 13.2. The van der Waals surface area contributed by atoms with Gasteiger partial charge in [0.05, 0.1) is 7.11 Å². The Bertz CT molecular complexity index is 959. The van der Waals surface area contributed by atoms with Crippen LogP contribution in [0, 0.1) is 5.82 Å². The number of methoxy groups -OCH3 is 3. The fraction of sp³-hybridized carbons (Fsp3) is 0.320. The Labute approximate surface area is 188 Å². The average molecular weight is 444 g/mol. The summed E-state index contributed by atoms with van der Waals surface area (Å²) in [5.74, 6) is 0.391. The zero-order valence-corrected chi connectivity index (χ0v) is 19.1. The molecule has 0 aromatic heterocycles. The molecule has 0 spiro atoms. The summed E-state index contributed by atoms with van der Waals surface area (Å²) in [4.78, 5) is 13.2. The largest absolute Gasteiger partial charge is 0.496 e. The van der Waals surface area contributed by atoms with Crippen molar-refractivity contribution in [1.82, 2.24) is 0 Å². The standard InChI is InChI=1S/C25H29FO6/c1-17(2)6-12-20-22(31-15-28-3)14-23(30-5)24(25(20)32-16-29-4)21(27)13-9-18-7-10-19(26)11-8-18/h6-11,13-14H,12,15-16H2,1-5H3/b13-9+. The van der Waals surface area contributed by atoms with Crippen molar-refractivity contribution in [3.8, 4) is 17.2 Å². The summed E-state index contributed by atoms with van der Waals surface area (Å²) in [6, 6.07) is 7.47. The molecule has 2 aromatic rings. The molecule has 0 radical (unpaired) electrons. The minimum Gasteiger partial charge on any atom is -0.496 e. The van der Waals surface area contributed by atoms with Crippen LogP contribution in [0.1, 0.15) is 35.3 Å². The molecule has 2 rings (SSSR count). The lowest BCUT2D eigenvalue weighted by Crippen LogP contribution is -2.12. The van der Waals surface area contributed by atoms with Crippen LogP contribution < -0.4 is 14.2 Å². The Morgan fingerprint density at radius 1 is 0.969 bits per heavy atom. The second-order valence-corrected chi connectivity index (χ2v) is 7.10. The van der Waals surface area contributed by atoms with Gasteiger partial charge < -0.3 is 23.7 Å². The van der Waals surface area contributed by atoms with E-state index in [1.54, 1.807) is 24.3 Å². The number of halogens is 1. The summed E-state index contributed by atoms with van der Waals surface area (Å²) in [5.41, 5.74) is 2.69. The van der Waals surface area contributed by atoms with Crippen LogP contribution >= 0.6 is 0 Å². The molecule has 0 amide bonds. The SMILES string of the molecule is COCOc1cc(OC)c(C(=O)/C=C/c2ccc(F)cc2)c(OCOC)c1CC=C(C)C. The molecule has 2 aromatic carbocycles. The van der Waals surface area contributed by atoms with Gasteiger partial charge in [0.15, 0.2) is 19.4 Å². The minimum absolute atomic E-state index is 0.0203. The molecule has 0 saturated heterocycles. The first-order chi connectivity index (χ1) is 15.4. The number of benzene rings is 2. The van der Waals surface area contributed by atoms with Crippen LogP contribution in [-0.2, 0) is 15.9 Å². The number of ketones is 1. The molecule has 172 valence electrons. The zero-order chi connectivity index (χ0) is 23.5. The van der Waals surface area contributed by atoms with Crippen molar-refractivity contribution < 1.29 is 32.9 Å². The predicted molar refractivity (Wildman–Crippen MR) is 121 cm³/mol. The summed E-state index contributed by atoms with van der Waals surface area (Å²) in [6.45, 7) is 3.91. The van der Waals surface area contributed by atoms with E-state index in [0.717, 1.165) is 5.57 Å². The van der Waals surface area contributed by atoms with E-state index in [-0.39, 0.29) is 36.5 Å². The molecule has 0 fully saturated rings. The first-order valence-corrected chi connectivity index (χ1v) is 9.99. The number of carbonyl (C=O) groups is 1. The van der Waals surface area contributed by atoms with Gasteiger partial charge in [-0.2, -0.15) is 0 Å². The molecule has 0 aliphatic heterocycles. The molecule has 0 heterocycles. The van der Waals surface area contributed by atoms with E-state index in [2.05, 4.69) is 0 Å². The van der Waals surface area contributed by atoms with Crippen molar-refractivity contribution in [2.75, 3.05) is 34.9 Å². The van der Waals surface area contributed by atoms with Crippen LogP contribution in [0.2, 0.25) is 0 Å². The number of hydrogen-bond donors (Lipinski definition) is 0. The number of rotatable bonds is 12. The van der Waals surface area contributed by atoms with E-state index >= 15 is 0 Å². The summed E-state index contributed by atoms with van der Waals surface area (Å²) in [6.07, 6.45) is 5.47. The van der Waals surface area contributed by atoms with E-state index in [0.29, 0.717) is 29.0 Å². The molecule has 0 aliphatic rings. The highest BCUT2D eigenvalue weighted by atomic mass is 19.1. The van der Waals surface area contributed by atoms with Gasteiger partial charge in [0.2, 0.25) is 0 Å². The van der Waals surface area contributed by atoms with Crippen molar-refractivity contribution in [3.05, 3.63) is 70.6 Å². The molecular weight excluding hydrogens is 415 g/mol. The molecule has 0 atom stereocenters. The third-order valence-corrected chi connectivity index (χ3v) is 4.44. The topological polar surface area (TPSA) is 63.2 Å². The van der Waals surface area contributed by atoms with Crippen molar-refractivity contribution >= 4 is 11.9 Å². The van der Waals surface area contributed by atoms with E-state index in [9.17, 15) is 9.18 Å². The molecule has 0 aliphatic carbocycles. The second-order valence-electron chi connectivity index (χ2n) is 7.10. The highest BCUT2D eigenvalue weighted by Crippen LogP contribution is 2.41. The quantitative estimate of drug-likeness (QED) is 0.194. The van der Waals surface area contributed by atoms with E-state index in [4.69, 9.17) is 23.7 Å². The number of hydrogen-bond acceptors (Lipinski definition) is 6. The van der Waals surface area contributed by atoms with Crippen LogP contribution in [-0.4, -0.2) is 40.7 Å². The first-order valence-electron chi connectivity index (χ1n) is 9.99. The van der Waals surface area contributed by atoms with E-state index in [1.165, 1.54) is 39.5 Å². The van der Waals surface area contributed by atoms with Crippen molar-refractivity contribution in [3.63, 3.8) is 0 Å². The Morgan fingerprint density at radius 2 is 1.62 bits per heavy atom. The normalized spacial score (nSPS) is 10.8. The molecule has 0 unspecified atom stereocenters. The summed E-state index contributed by atoms with van der Waals surface area (Å²) in [7, 11) is 4.48. The van der Waals surface area contributed by atoms with Crippen molar-refractivity contribution in [1.29, 1.82) is 0 Å². The summed E-state index contributed by atoms with van der Waals surface area (Å²) in [5, 5.41) is 0. The van der Waals surface area contributed by atoms with Crippen molar-refractivity contribution in [2.24, 2.45) is 0 Å². The average Bonchev–Trinajstić information content (AvgIpc) is 2.78. The fourth-order valence-corrected chi connectivity index (χ4v) is 2.90. The van der Waals surface area contributed by atoms with Crippen molar-refractivity contribution in [2.45, 2.75) is 20.3 Å². The van der Waals surface area contributed by atoms with Gasteiger partial charge in [0, 0.05) is 25.8 Å². The van der Waals surface area contributed by atoms with Gasteiger partial charge in [-0.3, -0.25) is 4.79 Å². The Hall–Kier alpha value is -3.16. The van der Waals surface area contributed by atoms with Gasteiger partial charge in [-0.1, -0.05) is 29.9 Å². The minimum atomic E-state index is -0.346. The van der Waals surface area contributed by atoms with E-state index < -0.39 is 0 Å². The van der Waals surface area contributed by atoms with Gasteiger partial charge in [0.1, 0.15) is 28.6 Å². The smallest absolute Gasteiger partial charge is 0.193 e. The van der Waals surface area contributed by atoms with E-state index in [1.807, 2.05) is 19.9 Å². The summed E-state index contributed by atoms with van der Waals surface area (Å²) < 4.78 is 40.4. The lowest BCUT2D eigenvalue weighted by molar-refractivity contribution is 0.0441. The highest BCUT2D eigenvalue weighted by Gasteiger charge is 2.25. The molecule has 0 N–H and O–H groups in total. The number of allylic oxidation sites excluding steroid dienone is 3. The second kappa shape index (κ2) is 12.6.